The van der Waals surface area contributed by atoms with Crippen molar-refractivity contribution in [1.82, 2.24) is 19.6 Å². The molecule has 2 aromatic carbocycles. The second-order valence-corrected chi connectivity index (χ2v) is 10.2. The molecule has 0 radical (unpaired) electrons. The SMILES string of the molecule is COC(=O)N1CCCC(CN(NS(=O)(=O)c2ccc3ccccc3c2)C(=O)N2CCOCC2)C1. The summed E-state index contributed by atoms with van der Waals surface area (Å²) >= 11 is 0. The van der Waals surface area contributed by atoms with E-state index in [1.165, 1.54) is 18.2 Å². The number of benzene rings is 2. The first-order valence-corrected chi connectivity index (χ1v) is 12.8. The molecule has 2 aliphatic heterocycles. The van der Waals surface area contributed by atoms with Gasteiger partial charge >= 0.3 is 12.1 Å². The van der Waals surface area contributed by atoms with Crippen molar-refractivity contribution < 1.29 is 27.5 Å². The van der Waals surface area contributed by atoms with Gasteiger partial charge < -0.3 is 19.3 Å². The van der Waals surface area contributed by atoms with Crippen molar-refractivity contribution in [1.29, 1.82) is 0 Å². The fraction of sp³-hybridized carbons (Fsp3) is 0.478. The van der Waals surface area contributed by atoms with Crippen molar-refractivity contribution in [2.75, 3.05) is 53.0 Å². The number of fused-ring (bicyclic) bond motifs is 1. The molecule has 184 valence electrons. The molecule has 1 unspecified atom stereocenters. The van der Waals surface area contributed by atoms with Crippen LogP contribution in [0.4, 0.5) is 9.59 Å². The summed E-state index contributed by atoms with van der Waals surface area (Å²) in [6, 6.07) is 11.9. The third kappa shape index (κ3) is 5.60. The second kappa shape index (κ2) is 10.6. The Morgan fingerprint density at radius 3 is 2.56 bits per heavy atom. The molecule has 11 heteroatoms. The average Bonchev–Trinajstić information content (AvgIpc) is 2.87. The lowest BCUT2D eigenvalue weighted by Crippen LogP contribution is -2.56. The lowest BCUT2D eigenvalue weighted by molar-refractivity contribution is 0.0371. The molecule has 2 aromatic rings. The number of sulfonamides is 1. The smallest absolute Gasteiger partial charge is 0.409 e. The number of nitrogens with one attached hydrogen (secondary N) is 1. The third-order valence-corrected chi connectivity index (χ3v) is 7.50. The number of hydrogen-bond acceptors (Lipinski definition) is 6. The first-order valence-electron chi connectivity index (χ1n) is 11.4. The van der Waals surface area contributed by atoms with Gasteiger partial charge in [-0.3, -0.25) is 0 Å². The number of likely N-dealkylation sites (tertiary alicyclic amines) is 1. The maximum atomic E-state index is 13.3. The first kappa shape index (κ1) is 24.2. The minimum absolute atomic E-state index is 0.0748. The van der Waals surface area contributed by atoms with E-state index in [9.17, 15) is 18.0 Å². The molecule has 10 nitrogen and oxygen atoms in total. The molecule has 2 fully saturated rings. The van der Waals surface area contributed by atoms with Crippen LogP contribution >= 0.6 is 0 Å². The van der Waals surface area contributed by atoms with E-state index >= 15 is 0 Å². The Balaban J connectivity index is 1.56. The number of methoxy groups -OCH3 is 1. The molecule has 0 spiro atoms. The summed E-state index contributed by atoms with van der Waals surface area (Å²) in [4.78, 5) is 31.1. The highest BCUT2D eigenvalue weighted by Gasteiger charge is 2.32. The van der Waals surface area contributed by atoms with Crippen LogP contribution in [0, 0.1) is 5.92 Å². The monoisotopic (exact) mass is 490 g/mol. The van der Waals surface area contributed by atoms with Gasteiger partial charge in [0, 0.05) is 32.7 Å². The fourth-order valence-electron chi connectivity index (χ4n) is 4.38. The van der Waals surface area contributed by atoms with Crippen LogP contribution < -0.4 is 4.83 Å². The number of hydrogen-bond donors (Lipinski definition) is 1. The lowest BCUT2D eigenvalue weighted by Gasteiger charge is -2.37. The molecule has 2 heterocycles. The molecule has 4 rings (SSSR count). The molecule has 1 N–H and O–H groups in total. The van der Waals surface area contributed by atoms with Crippen molar-refractivity contribution >= 4 is 32.9 Å². The summed E-state index contributed by atoms with van der Waals surface area (Å²) < 4.78 is 36.8. The van der Waals surface area contributed by atoms with Crippen LogP contribution in [0.5, 0.6) is 0 Å². The first-order chi connectivity index (χ1) is 16.4. The molecule has 1 atom stereocenters. The second-order valence-electron chi connectivity index (χ2n) is 8.52. The van der Waals surface area contributed by atoms with E-state index in [0.29, 0.717) is 39.4 Å². The number of hydrazine groups is 1. The molecular formula is C23H30N4O6S. The summed E-state index contributed by atoms with van der Waals surface area (Å²) in [6.45, 7) is 2.66. The number of amides is 3. The van der Waals surface area contributed by atoms with Crippen molar-refractivity contribution in [2.24, 2.45) is 5.92 Å². The van der Waals surface area contributed by atoms with E-state index in [1.807, 2.05) is 24.3 Å². The van der Waals surface area contributed by atoms with E-state index in [4.69, 9.17) is 9.47 Å². The van der Waals surface area contributed by atoms with Crippen LogP contribution in [0.2, 0.25) is 0 Å². The fourth-order valence-corrected chi connectivity index (χ4v) is 5.46. The molecule has 3 amide bonds. The van der Waals surface area contributed by atoms with Gasteiger partial charge in [-0.1, -0.05) is 30.3 Å². The quantitative estimate of drug-likeness (QED) is 0.644. The number of piperidine rings is 1. The molecule has 0 aromatic heterocycles. The normalized spacial score (nSPS) is 19.1. The largest absolute Gasteiger partial charge is 0.453 e. The van der Waals surface area contributed by atoms with Crippen LogP contribution in [0.3, 0.4) is 0 Å². The van der Waals surface area contributed by atoms with Crippen molar-refractivity contribution in [3.63, 3.8) is 0 Å². The van der Waals surface area contributed by atoms with Gasteiger partial charge in [-0.05, 0) is 41.7 Å². The predicted octanol–water partition coefficient (Wildman–Crippen LogP) is 2.27. The number of carbonyl (C=O) groups excluding carboxylic acids is 2. The molecule has 2 saturated heterocycles. The van der Waals surface area contributed by atoms with Gasteiger partial charge in [0.25, 0.3) is 10.0 Å². The maximum absolute atomic E-state index is 13.3. The van der Waals surface area contributed by atoms with Gasteiger partial charge in [-0.25, -0.2) is 23.0 Å². The van der Waals surface area contributed by atoms with E-state index < -0.39 is 22.1 Å². The Morgan fingerprint density at radius 2 is 1.82 bits per heavy atom. The number of rotatable bonds is 5. The number of morpholine rings is 1. The standard InChI is InChI=1S/C23H30N4O6S/c1-32-23(29)26-10-4-5-18(16-26)17-27(22(28)25-11-13-33-14-12-25)24-34(30,31)21-9-8-19-6-2-3-7-20(19)15-21/h2-3,6-9,15,18,24H,4-5,10-14,16-17H2,1H3. The summed E-state index contributed by atoms with van der Waals surface area (Å²) in [5.74, 6) is -0.0999. The highest BCUT2D eigenvalue weighted by molar-refractivity contribution is 7.89. The van der Waals surface area contributed by atoms with Gasteiger partial charge in [0.1, 0.15) is 0 Å². The van der Waals surface area contributed by atoms with E-state index in [-0.39, 0.29) is 17.4 Å². The van der Waals surface area contributed by atoms with Crippen LogP contribution in [-0.2, 0) is 19.5 Å². The highest BCUT2D eigenvalue weighted by atomic mass is 32.2. The van der Waals surface area contributed by atoms with Crippen molar-refractivity contribution in [2.45, 2.75) is 17.7 Å². The van der Waals surface area contributed by atoms with Crippen LogP contribution in [0.1, 0.15) is 12.8 Å². The maximum Gasteiger partial charge on any atom is 0.409 e. The predicted molar refractivity (Wildman–Crippen MR) is 125 cm³/mol. The van der Waals surface area contributed by atoms with Crippen LogP contribution in [-0.4, -0.2) is 88.4 Å². The Labute approximate surface area is 199 Å². The summed E-state index contributed by atoms with van der Waals surface area (Å²) in [6.07, 6.45) is 1.09. The number of nitrogens with zero attached hydrogens (tertiary/aromatic N) is 3. The van der Waals surface area contributed by atoms with Crippen LogP contribution in [0.25, 0.3) is 10.8 Å². The van der Waals surface area contributed by atoms with Crippen LogP contribution in [0.15, 0.2) is 47.4 Å². The van der Waals surface area contributed by atoms with E-state index in [2.05, 4.69) is 4.83 Å². The number of ether oxygens (including phenoxy) is 2. The molecule has 2 aliphatic rings. The van der Waals surface area contributed by atoms with Gasteiger partial charge in [0.05, 0.1) is 25.2 Å². The molecule has 0 aliphatic carbocycles. The summed E-state index contributed by atoms with van der Waals surface area (Å²) in [5, 5.41) is 2.88. The Kier molecular flexibility index (Phi) is 7.54. The zero-order valence-corrected chi connectivity index (χ0v) is 20.0. The van der Waals surface area contributed by atoms with Crippen molar-refractivity contribution in [3.8, 4) is 0 Å². The Hall–Kier alpha value is -2.89. The van der Waals surface area contributed by atoms with Gasteiger partial charge in [0.15, 0.2) is 0 Å². The zero-order chi connectivity index (χ0) is 24.1. The minimum Gasteiger partial charge on any atom is -0.453 e. The Morgan fingerprint density at radius 1 is 1.09 bits per heavy atom. The number of carbonyl (C=O) groups is 2. The lowest BCUT2D eigenvalue weighted by atomic mass is 9.98. The van der Waals surface area contributed by atoms with Crippen molar-refractivity contribution in [3.05, 3.63) is 42.5 Å². The van der Waals surface area contributed by atoms with E-state index in [1.54, 1.807) is 21.9 Å². The topological polar surface area (TPSA) is 108 Å². The van der Waals surface area contributed by atoms with Gasteiger partial charge in [0.2, 0.25) is 0 Å². The van der Waals surface area contributed by atoms with E-state index in [0.717, 1.165) is 23.6 Å². The zero-order valence-electron chi connectivity index (χ0n) is 19.2. The van der Waals surface area contributed by atoms with Gasteiger partial charge in [-0.2, -0.15) is 0 Å². The summed E-state index contributed by atoms with van der Waals surface area (Å²) in [5.41, 5.74) is 0. The third-order valence-electron chi connectivity index (χ3n) is 6.17. The molecular weight excluding hydrogens is 460 g/mol. The molecule has 0 bridgehead atoms. The summed E-state index contributed by atoms with van der Waals surface area (Å²) in [7, 11) is -2.70. The average molecular weight is 491 g/mol. The van der Waals surface area contributed by atoms with Gasteiger partial charge in [-0.15, -0.1) is 4.83 Å². The highest BCUT2D eigenvalue weighted by Crippen LogP contribution is 2.22. The minimum atomic E-state index is -4.03. The Bertz CT molecular complexity index is 1140. The number of urea groups is 1. The molecule has 0 saturated carbocycles. The molecule has 34 heavy (non-hydrogen) atoms.